The number of hydrogen-bond donors (Lipinski definition) is 2. The van der Waals surface area contributed by atoms with Gasteiger partial charge in [-0.25, -0.2) is 4.79 Å². The molecular weight excluding hydrogens is 274 g/mol. The number of ether oxygens (including phenoxy) is 1. The van der Waals surface area contributed by atoms with Crippen LogP contribution in [-0.4, -0.2) is 58.4 Å². The smallest absolute Gasteiger partial charge is 0.335 e. The van der Waals surface area contributed by atoms with E-state index in [-0.39, 0.29) is 24.6 Å². The number of aromatic carboxylic acids is 1. The van der Waals surface area contributed by atoms with Gasteiger partial charge < -0.3 is 19.8 Å². The fourth-order valence-electron chi connectivity index (χ4n) is 2.51. The first kappa shape index (κ1) is 15.5. The van der Waals surface area contributed by atoms with Crippen LogP contribution in [0.1, 0.15) is 34.6 Å². The summed E-state index contributed by atoms with van der Waals surface area (Å²) in [5.41, 5.74) is -0.150. The molecule has 1 aromatic rings. The number of carbonyl (C=O) groups excluding carboxylic acids is 1. The van der Waals surface area contributed by atoms with Crippen LogP contribution in [0.3, 0.4) is 0 Å². The molecule has 0 radical (unpaired) electrons. The monoisotopic (exact) mass is 293 g/mol. The highest BCUT2D eigenvalue weighted by Gasteiger charge is 2.35. The minimum absolute atomic E-state index is 0.0760. The highest BCUT2D eigenvalue weighted by atomic mass is 16.5. The van der Waals surface area contributed by atoms with Crippen molar-refractivity contribution in [2.75, 3.05) is 19.7 Å². The van der Waals surface area contributed by atoms with Gasteiger partial charge in [-0.3, -0.25) is 4.79 Å². The predicted octanol–water partition coefficient (Wildman–Crippen LogP) is 0.997. The molecule has 1 unspecified atom stereocenters. The topological polar surface area (TPSA) is 87.1 Å². The van der Waals surface area contributed by atoms with Gasteiger partial charge >= 0.3 is 5.97 Å². The lowest BCUT2D eigenvalue weighted by Crippen LogP contribution is -2.55. The summed E-state index contributed by atoms with van der Waals surface area (Å²) in [6.07, 6.45) is -0.430. The van der Waals surface area contributed by atoms with Crippen molar-refractivity contribution in [1.29, 1.82) is 0 Å². The van der Waals surface area contributed by atoms with Gasteiger partial charge in [0.05, 0.1) is 23.9 Å². The van der Waals surface area contributed by atoms with Gasteiger partial charge in [0.2, 0.25) is 0 Å². The van der Waals surface area contributed by atoms with E-state index < -0.39 is 17.7 Å². The predicted molar refractivity (Wildman–Crippen MR) is 75.3 cm³/mol. The van der Waals surface area contributed by atoms with Crippen LogP contribution in [0.5, 0.6) is 0 Å². The Kier molecular flexibility index (Phi) is 4.29. The Labute approximate surface area is 122 Å². The molecule has 21 heavy (non-hydrogen) atoms. The summed E-state index contributed by atoms with van der Waals surface area (Å²) in [5.74, 6) is -1.33. The van der Waals surface area contributed by atoms with Crippen molar-refractivity contribution < 1.29 is 24.5 Å². The van der Waals surface area contributed by atoms with Gasteiger partial charge in [0, 0.05) is 18.7 Å². The minimum Gasteiger partial charge on any atom is -0.478 e. The van der Waals surface area contributed by atoms with Crippen LogP contribution in [0.4, 0.5) is 0 Å². The van der Waals surface area contributed by atoms with Crippen molar-refractivity contribution in [3.8, 4) is 0 Å². The quantitative estimate of drug-likeness (QED) is 0.868. The largest absolute Gasteiger partial charge is 0.478 e. The molecule has 1 aromatic carbocycles. The number of carboxylic acids is 1. The fourth-order valence-corrected chi connectivity index (χ4v) is 2.51. The number of hydrogen-bond acceptors (Lipinski definition) is 4. The van der Waals surface area contributed by atoms with Gasteiger partial charge in [0.15, 0.2) is 0 Å². The Morgan fingerprint density at radius 2 is 2.05 bits per heavy atom. The van der Waals surface area contributed by atoms with Crippen molar-refractivity contribution in [3.05, 3.63) is 35.4 Å². The summed E-state index contributed by atoms with van der Waals surface area (Å²) in [6, 6.07) is 5.94. The maximum absolute atomic E-state index is 12.5. The molecule has 0 aliphatic carbocycles. The molecule has 1 heterocycles. The molecule has 1 saturated heterocycles. The molecule has 0 spiro atoms. The van der Waals surface area contributed by atoms with Gasteiger partial charge in [-0.2, -0.15) is 0 Å². The number of rotatable bonds is 3. The molecule has 2 N–H and O–H groups in total. The summed E-state index contributed by atoms with van der Waals surface area (Å²) >= 11 is 0. The second-order valence-electron chi connectivity index (χ2n) is 5.75. The third-order valence-electron chi connectivity index (χ3n) is 3.33. The average Bonchev–Trinajstić information content (AvgIpc) is 2.44. The second kappa shape index (κ2) is 5.83. The van der Waals surface area contributed by atoms with Crippen LogP contribution in [-0.2, 0) is 4.74 Å². The zero-order chi connectivity index (χ0) is 15.6. The second-order valence-corrected chi connectivity index (χ2v) is 5.75. The molecular formula is C15H19NO5. The summed E-state index contributed by atoms with van der Waals surface area (Å²) in [5, 5.41) is 18.3. The third-order valence-corrected chi connectivity index (χ3v) is 3.33. The van der Waals surface area contributed by atoms with E-state index in [0.29, 0.717) is 12.1 Å². The van der Waals surface area contributed by atoms with Crippen molar-refractivity contribution in [2.45, 2.75) is 25.6 Å². The highest BCUT2D eigenvalue weighted by molar-refractivity contribution is 5.97. The van der Waals surface area contributed by atoms with E-state index >= 15 is 0 Å². The Bertz CT molecular complexity index is 555. The maximum atomic E-state index is 12.5. The molecule has 114 valence electrons. The zero-order valence-corrected chi connectivity index (χ0v) is 12.1. The van der Waals surface area contributed by atoms with Crippen molar-refractivity contribution in [3.63, 3.8) is 0 Å². The Morgan fingerprint density at radius 1 is 1.38 bits per heavy atom. The lowest BCUT2D eigenvalue weighted by atomic mass is 10.0. The molecule has 0 aromatic heterocycles. The highest BCUT2D eigenvalue weighted by Crippen LogP contribution is 2.22. The van der Waals surface area contributed by atoms with Crippen molar-refractivity contribution >= 4 is 11.9 Å². The van der Waals surface area contributed by atoms with Crippen LogP contribution in [0, 0.1) is 0 Å². The number of carboxylic acid groups (broad SMARTS) is 1. The number of morpholine rings is 1. The van der Waals surface area contributed by atoms with E-state index in [4.69, 9.17) is 9.84 Å². The number of aliphatic hydroxyl groups excluding tert-OH is 1. The SMILES string of the molecule is CC1(C)CN(C(=O)c2cccc(C(=O)O)c2)CC(CO)O1. The first-order valence-corrected chi connectivity index (χ1v) is 6.74. The zero-order valence-electron chi connectivity index (χ0n) is 12.1. The Hall–Kier alpha value is -1.92. The molecule has 1 fully saturated rings. The summed E-state index contributed by atoms with van der Waals surface area (Å²) in [6.45, 7) is 4.21. The van der Waals surface area contributed by atoms with Gasteiger partial charge in [-0.15, -0.1) is 0 Å². The fraction of sp³-hybridized carbons (Fsp3) is 0.467. The standard InChI is InChI=1S/C15H19NO5/c1-15(2)9-16(7-12(8-17)21-15)13(18)10-4-3-5-11(6-10)14(19)20/h3-6,12,17H,7-9H2,1-2H3,(H,19,20). The van der Waals surface area contributed by atoms with E-state index in [0.717, 1.165) is 0 Å². The maximum Gasteiger partial charge on any atom is 0.335 e. The number of nitrogens with zero attached hydrogens (tertiary/aromatic N) is 1. The third kappa shape index (κ3) is 3.59. The van der Waals surface area contributed by atoms with E-state index in [1.54, 1.807) is 17.0 Å². The normalized spacial score (nSPS) is 21.1. The molecule has 6 heteroatoms. The molecule has 1 atom stereocenters. The van der Waals surface area contributed by atoms with E-state index in [9.17, 15) is 14.7 Å². The molecule has 2 rings (SSSR count). The Morgan fingerprint density at radius 3 is 2.67 bits per heavy atom. The van der Waals surface area contributed by atoms with Gasteiger partial charge in [-0.05, 0) is 32.0 Å². The van der Waals surface area contributed by atoms with Crippen LogP contribution in [0.15, 0.2) is 24.3 Å². The molecule has 1 amide bonds. The van der Waals surface area contributed by atoms with Crippen molar-refractivity contribution in [1.82, 2.24) is 4.90 Å². The lowest BCUT2D eigenvalue weighted by Gasteiger charge is -2.42. The molecule has 1 aliphatic heterocycles. The number of carbonyl (C=O) groups is 2. The number of amides is 1. The minimum atomic E-state index is -1.07. The van der Waals surface area contributed by atoms with Gasteiger partial charge in [0.25, 0.3) is 5.91 Å². The lowest BCUT2D eigenvalue weighted by molar-refractivity contribution is -0.139. The van der Waals surface area contributed by atoms with Crippen LogP contribution in [0.2, 0.25) is 0 Å². The van der Waals surface area contributed by atoms with Crippen LogP contribution < -0.4 is 0 Å². The van der Waals surface area contributed by atoms with E-state index in [2.05, 4.69) is 0 Å². The molecule has 0 bridgehead atoms. The molecule has 1 aliphatic rings. The van der Waals surface area contributed by atoms with Crippen molar-refractivity contribution in [2.24, 2.45) is 0 Å². The molecule has 6 nitrogen and oxygen atoms in total. The average molecular weight is 293 g/mol. The summed E-state index contributed by atoms with van der Waals surface area (Å²) in [7, 11) is 0. The van der Waals surface area contributed by atoms with Gasteiger partial charge in [0.1, 0.15) is 0 Å². The first-order chi connectivity index (χ1) is 9.82. The first-order valence-electron chi connectivity index (χ1n) is 6.74. The van der Waals surface area contributed by atoms with E-state index in [1.807, 2.05) is 13.8 Å². The van der Waals surface area contributed by atoms with Crippen LogP contribution >= 0.6 is 0 Å². The van der Waals surface area contributed by atoms with Gasteiger partial charge in [-0.1, -0.05) is 6.07 Å². The summed E-state index contributed by atoms with van der Waals surface area (Å²) in [4.78, 5) is 25.1. The van der Waals surface area contributed by atoms with Crippen LogP contribution in [0.25, 0.3) is 0 Å². The van der Waals surface area contributed by atoms with E-state index in [1.165, 1.54) is 12.1 Å². The molecule has 0 saturated carbocycles. The summed E-state index contributed by atoms with van der Waals surface area (Å²) < 4.78 is 5.66. The number of benzene rings is 1. The number of aliphatic hydroxyl groups is 1. The Balaban J connectivity index is 2.22.